The van der Waals surface area contributed by atoms with Crippen LogP contribution in [0.4, 0.5) is 0 Å². The average molecular weight is 615 g/mol. The van der Waals surface area contributed by atoms with Gasteiger partial charge in [0.25, 0.3) is 0 Å². The average Bonchev–Trinajstić information content (AvgIpc) is 2.43. The van der Waals surface area contributed by atoms with E-state index in [-0.39, 0.29) is 17.4 Å². The number of hydrogen-bond donors (Lipinski definition) is 0. The lowest BCUT2D eigenvalue weighted by atomic mass is 11.8. The highest BCUT2D eigenvalue weighted by molar-refractivity contribution is 7.91. The van der Waals surface area contributed by atoms with Crippen LogP contribution in [0.5, 0.6) is 0 Å². The van der Waals surface area contributed by atoms with Gasteiger partial charge >= 0.3 is 0 Å². The Labute approximate surface area is 222 Å². The molecule has 0 amide bonds. The van der Waals surface area contributed by atoms with Gasteiger partial charge in [-0.15, -0.1) is 71.3 Å². The van der Waals surface area contributed by atoms with Crippen molar-refractivity contribution in [2.45, 2.75) is 15.4 Å². The normalized spacial score (nSPS) is 12.2. The van der Waals surface area contributed by atoms with E-state index in [9.17, 15) is 0 Å². The number of hydrogen-bond acceptors (Lipinski definition) is 0. The van der Waals surface area contributed by atoms with E-state index in [1.54, 1.807) is 0 Å². The lowest BCUT2D eigenvalue weighted by Crippen LogP contribution is -1.97. The van der Waals surface area contributed by atoms with Crippen molar-refractivity contribution in [3.8, 4) is 0 Å². The van der Waals surface area contributed by atoms with E-state index < -0.39 is 0 Å². The molecule has 0 unspecified atom stereocenters. The van der Waals surface area contributed by atoms with E-state index in [1.807, 2.05) is 0 Å². The summed E-state index contributed by atoms with van der Waals surface area (Å²) in [7, 11) is 2.83. The van der Waals surface area contributed by atoms with Gasteiger partial charge in [0.15, 0.2) is 0 Å². The van der Waals surface area contributed by atoms with Crippen LogP contribution in [0.3, 0.4) is 0 Å². The minimum atomic E-state index is 0. The van der Waals surface area contributed by atoms with Crippen LogP contribution in [-0.4, -0.2) is 153 Å². The maximum Gasteiger partial charge on any atom is 0.0178 e. The fourth-order valence-corrected chi connectivity index (χ4v) is 37.4. The minimum Gasteiger partial charge on any atom is -0.101 e. The van der Waals surface area contributed by atoms with Crippen LogP contribution in [0.25, 0.3) is 0 Å². The molecule has 3 radical (unpaired) electrons. The zero-order valence-corrected chi connectivity index (χ0v) is 33.5. The predicted molar refractivity (Wildman–Crippen MR) is 186 cm³/mol. The summed E-state index contributed by atoms with van der Waals surface area (Å²) in [5, 5.41) is 3.25. The van der Waals surface area contributed by atoms with E-state index in [0.29, 0.717) is 71.3 Å². The Morgan fingerprint density at radius 2 is 0.290 bits per heavy atom. The Bertz CT molecular complexity index is 273. The molecule has 189 valence electrons. The molecule has 0 atom stereocenters. The van der Waals surface area contributed by atoms with Crippen molar-refractivity contribution in [2.24, 2.45) is 0 Å². The van der Waals surface area contributed by atoms with Crippen molar-refractivity contribution in [1.82, 2.24) is 0 Å². The monoisotopic (exact) mass is 615 g/mol. The summed E-state index contributed by atoms with van der Waals surface area (Å²) in [4.78, 5) is 0. The Morgan fingerprint density at radius 3 is 0.290 bits per heavy atom. The van der Waals surface area contributed by atoms with Crippen LogP contribution >= 0.6 is 71.3 Å². The molecular weight excluding hydrogens is 558 g/mol. The van der Waals surface area contributed by atoms with Crippen molar-refractivity contribution in [1.29, 1.82) is 0 Å². The van der Waals surface area contributed by atoms with Crippen LogP contribution in [-0.2, 0) is 0 Å². The van der Waals surface area contributed by atoms with E-state index in [0.717, 1.165) is 15.4 Å². The third kappa shape index (κ3) is 22.1. The second-order valence-electron chi connectivity index (χ2n) is 9.71. The maximum atomic E-state index is 2.42. The first-order valence-electron chi connectivity index (χ1n) is 10.4. The molecular formula is C21H57AlP9. The van der Waals surface area contributed by atoms with Gasteiger partial charge in [0.2, 0.25) is 0 Å². The Balaban J connectivity index is -0.000000174. The molecule has 0 fully saturated rings. The molecule has 10 heteroatoms. The number of rotatable bonds is 9. The Kier molecular flexibility index (Phi) is 32.2. The largest absolute Gasteiger partial charge is 0.101 e. The lowest BCUT2D eigenvalue weighted by molar-refractivity contribution is 1.77. The molecule has 0 saturated carbocycles. The van der Waals surface area contributed by atoms with Gasteiger partial charge in [0, 0.05) is 32.8 Å². The predicted octanol–water partition coefficient (Wildman–Crippen LogP) is 10.1. The molecule has 0 aliphatic heterocycles. The smallest absolute Gasteiger partial charge is 0.0178 e. The summed E-state index contributed by atoms with van der Waals surface area (Å²) in [5.74, 6) is 0. The zero-order chi connectivity index (χ0) is 24.9. The van der Waals surface area contributed by atoms with E-state index in [4.69, 9.17) is 0 Å². The third-order valence-corrected chi connectivity index (χ3v) is 37.4. The standard InChI is InChI=1S/3C7H19P3.Al/c3*1-8(2)7(9(3)4)10(5)6;/h3*7H,1-6H3;. The summed E-state index contributed by atoms with van der Waals surface area (Å²) in [6, 6.07) is 0. The van der Waals surface area contributed by atoms with Crippen molar-refractivity contribution < 1.29 is 0 Å². The van der Waals surface area contributed by atoms with Crippen LogP contribution in [0.15, 0.2) is 0 Å². The van der Waals surface area contributed by atoms with Gasteiger partial charge in [-0.3, -0.25) is 0 Å². The van der Waals surface area contributed by atoms with Gasteiger partial charge < -0.3 is 0 Å². The highest BCUT2D eigenvalue weighted by Gasteiger charge is 2.20. The van der Waals surface area contributed by atoms with Gasteiger partial charge in [-0.1, -0.05) is 0 Å². The fourth-order valence-electron chi connectivity index (χ4n) is 4.16. The topological polar surface area (TPSA) is 0 Å². The Hall–Kier alpha value is 4.40. The highest BCUT2D eigenvalue weighted by Crippen LogP contribution is 2.65. The van der Waals surface area contributed by atoms with Crippen LogP contribution in [0.2, 0.25) is 0 Å². The molecule has 0 bridgehead atoms. The SMILES string of the molecule is CP(C)C(P(C)C)P(C)C.CP(C)C(P(C)C)P(C)C.CP(C)C(P(C)C)P(C)C.[Al]. The Morgan fingerprint density at radius 1 is 0.226 bits per heavy atom. The van der Waals surface area contributed by atoms with E-state index in [2.05, 4.69) is 120 Å². The first-order chi connectivity index (χ1) is 13.4. The van der Waals surface area contributed by atoms with Gasteiger partial charge in [-0.05, 0) is 120 Å². The molecule has 0 heterocycles. The molecule has 0 spiro atoms. The molecule has 0 aliphatic carbocycles. The first-order valence-corrected chi connectivity index (χ1v) is 31.1. The molecule has 0 aliphatic rings. The highest BCUT2D eigenvalue weighted by atomic mass is 31.2. The summed E-state index contributed by atoms with van der Waals surface area (Å²) >= 11 is 0. The van der Waals surface area contributed by atoms with Gasteiger partial charge in [0.1, 0.15) is 0 Å². The summed E-state index contributed by atoms with van der Waals surface area (Å²) in [6.45, 7) is 43.6. The first kappa shape index (κ1) is 42.5. The molecule has 0 saturated heterocycles. The molecule has 0 nitrogen and oxygen atoms in total. The second-order valence-corrected chi connectivity index (χ2v) is 35.4. The molecule has 31 heavy (non-hydrogen) atoms. The van der Waals surface area contributed by atoms with Crippen LogP contribution < -0.4 is 0 Å². The lowest BCUT2D eigenvalue weighted by Gasteiger charge is -2.29. The fraction of sp³-hybridized carbons (Fsp3) is 1.00. The zero-order valence-electron chi connectivity index (χ0n) is 24.3. The summed E-state index contributed by atoms with van der Waals surface area (Å²) < 4.78 is 0. The second kappa shape index (κ2) is 23.5. The minimum absolute atomic E-state index is 0. The van der Waals surface area contributed by atoms with Crippen LogP contribution in [0, 0.1) is 0 Å². The maximum absolute atomic E-state index is 2.42. The third-order valence-electron chi connectivity index (χ3n) is 4.16. The van der Waals surface area contributed by atoms with Crippen molar-refractivity contribution >= 4 is 88.7 Å². The van der Waals surface area contributed by atoms with Gasteiger partial charge in [0.05, 0.1) is 0 Å². The van der Waals surface area contributed by atoms with Crippen LogP contribution in [0.1, 0.15) is 0 Å². The van der Waals surface area contributed by atoms with Gasteiger partial charge in [-0.25, -0.2) is 0 Å². The molecule has 0 rings (SSSR count). The molecule has 0 N–H and O–H groups in total. The van der Waals surface area contributed by atoms with Gasteiger partial charge in [-0.2, -0.15) is 0 Å². The quantitative estimate of drug-likeness (QED) is 0.179. The van der Waals surface area contributed by atoms with Crippen molar-refractivity contribution in [2.75, 3.05) is 120 Å². The molecule has 0 aromatic heterocycles. The van der Waals surface area contributed by atoms with E-state index in [1.165, 1.54) is 0 Å². The van der Waals surface area contributed by atoms with Crippen molar-refractivity contribution in [3.63, 3.8) is 0 Å². The summed E-state index contributed by atoms with van der Waals surface area (Å²) in [6.07, 6.45) is 0. The summed E-state index contributed by atoms with van der Waals surface area (Å²) in [5.41, 5.74) is 0. The molecule has 0 aromatic rings. The van der Waals surface area contributed by atoms with E-state index >= 15 is 0 Å². The van der Waals surface area contributed by atoms with Crippen molar-refractivity contribution in [3.05, 3.63) is 0 Å². The molecule has 0 aromatic carbocycles.